The molecule has 0 atom stereocenters. The fraction of sp³-hybridized carbons (Fsp3) is 0.500. The van der Waals surface area contributed by atoms with E-state index in [0.717, 1.165) is 31.6 Å². The van der Waals surface area contributed by atoms with Crippen molar-refractivity contribution < 1.29 is 14.6 Å². The summed E-state index contributed by atoms with van der Waals surface area (Å²) in [4.78, 5) is 13.9. The Labute approximate surface area is 107 Å². The van der Waals surface area contributed by atoms with E-state index >= 15 is 0 Å². The average Bonchev–Trinajstić information content (AvgIpc) is 2.46. The van der Waals surface area contributed by atoms with Crippen molar-refractivity contribution in [1.82, 2.24) is 0 Å². The summed E-state index contributed by atoms with van der Waals surface area (Å²) in [6.45, 7) is 2.00. The van der Waals surface area contributed by atoms with Crippen LogP contribution in [0.25, 0.3) is 0 Å². The number of esters is 1. The molecule has 4 nitrogen and oxygen atoms in total. The van der Waals surface area contributed by atoms with Gasteiger partial charge in [0.05, 0.1) is 18.4 Å². The predicted octanol–water partition coefficient (Wildman–Crippen LogP) is 1.68. The number of carbonyl (C=O) groups excluding carboxylic acids is 1. The first kappa shape index (κ1) is 12.9. The Balaban J connectivity index is 2.16. The van der Waals surface area contributed by atoms with Gasteiger partial charge in [-0.05, 0) is 30.9 Å². The van der Waals surface area contributed by atoms with Gasteiger partial charge in [0.15, 0.2) is 0 Å². The van der Waals surface area contributed by atoms with Crippen LogP contribution in [0.2, 0.25) is 0 Å². The number of ether oxygens (including phenoxy) is 1. The van der Waals surface area contributed by atoms with E-state index in [0.29, 0.717) is 11.5 Å². The van der Waals surface area contributed by atoms with Gasteiger partial charge in [-0.2, -0.15) is 0 Å². The van der Waals surface area contributed by atoms with Crippen LogP contribution in [-0.2, 0) is 4.74 Å². The molecule has 0 aliphatic carbocycles. The molecule has 1 saturated heterocycles. The highest BCUT2D eigenvalue weighted by Gasteiger charge is 2.22. The van der Waals surface area contributed by atoms with E-state index in [1.54, 1.807) is 6.07 Å². The summed E-state index contributed by atoms with van der Waals surface area (Å²) in [5.41, 5.74) is 1.54. The second kappa shape index (κ2) is 5.87. The molecule has 0 aromatic heterocycles. The largest absolute Gasteiger partial charge is 0.465 e. The van der Waals surface area contributed by atoms with Crippen molar-refractivity contribution in [2.75, 3.05) is 31.7 Å². The number of methoxy groups -OCH3 is 1. The summed E-state index contributed by atoms with van der Waals surface area (Å²) in [6.07, 6.45) is 1.93. The lowest BCUT2D eigenvalue weighted by atomic mass is 9.97. The van der Waals surface area contributed by atoms with Gasteiger partial charge in [-0.15, -0.1) is 0 Å². The number of aliphatic hydroxyl groups excluding tert-OH is 1. The SMILES string of the molecule is COC(=O)c1ccccc1N1CCC(CO)CC1. The van der Waals surface area contributed by atoms with Crippen molar-refractivity contribution in [2.45, 2.75) is 12.8 Å². The Bertz CT molecular complexity index is 411. The van der Waals surface area contributed by atoms with Crippen LogP contribution in [0.15, 0.2) is 24.3 Å². The second-order valence-corrected chi connectivity index (χ2v) is 4.62. The van der Waals surface area contributed by atoms with Crippen LogP contribution in [0.1, 0.15) is 23.2 Å². The van der Waals surface area contributed by atoms with Crippen LogP contribution >= 0.6 is 0 Å². The van der Waals surface area contributed by atoms with Gasteiger partial charge < -0.3 is 14.7 Å². The molecule has 1 aliphatic heterocycles. The topological polar surface area (TPSA) is 49.8 Å². The minimum Gasteiger partial charge on any atom is -0.465 e. The number of para-hydroxylation sites is 1. The lowest BCUT2D eigenvalue weighted by Gasteiger charge is -2.33. The molecule has 1 aromatic carbocycles. The lowest BCUT2D eigenvalue weighted by Crippen LogP contribution is -2.35. The van der Waals surface area contributed by atoms with E-state index in [2.05, 4.69) is 4.90 Å². The summed E-state index contributed by atoms with van der Waals surface area (Å²) in [5.74, 6) is 0.0985. The Morgan fingerprint density at radius 3 is 2.67 bits per heavy atom. The van der Waals surface area contributed by atoms with Crippen LogP contribution in [0, 0.1) is 5.92 Å². The number of rotatable bonds is 3. The Hall–Kier alpha value is -1.55. The number of anilines is 1. The molecule has 0 amide bonds. The average molecular weight is 249 g/mol. The summed E-state index contributed by atoms with van der Waals surface area (Å²) >= 11 is 0. The molecule has 0 bridgehead atoms. The molecule has 1 N–H and O–H groups in total. The van der Waals surface area contributed by atoms with Gasteiger partial charge in [-0.1, -0.05) is 12.1 Å². The first-order chi connectivity index (χ1) is 8.76. The molecule has 18 heavy (non-hydrogen) atoms. The normalized spacial score (nSPS) is 16.7. The van der Waals surface area contributed by atoms with E-state index in [-0.39, 0.29) is 12.6 Å². The predicted molar refractivity (Wildman–Crippen MR) is 69.8 cm³/mol. The summed E-state index contributed by atoms with van der Waals surface area (Å²) in [6, 6.07) is 7.51. The molecular weight excluding hydrogens is 230 g/mol. The van der Waals surface area contributed by atoms with Gasteiger partial charge in [0.25, 0.3) is 0 Å². The Morgan fingerprint density at radius 2 is 2.06 bits per heavy atom. The monoisotopic (exact) mass is 249 g/mol. The first-order valence-corrected chi connectivity index (χ1v) is 6.29. The number of hydrogen-bond acceptors (Lipinski definition) is 4. The van der Waals surface area contributed by atoms with Crippen LogP contribution in [0.4, 0.5) is 5.69 Å². The molecule has 1 heterocycles. The van der Waals surface area contributed by atoms with Gasteiger partial charge in [-0.25, -0.2) is 4.79 Å². The van der Waals surface area contributed by atoms with E-state index in [1.165, 1.54) is 7.11 Å². The van der Waals surface area contributed by atoms with Crippen molar-refractivity contribution in [3.05, 3.63) is 29.8 Å². The number of benzene rings is 1. The van der Waals surface area contributed by atoms with Crippen LogP contribution in [-0.4, -0.2) is 37.9 Å². The van der Waals surface area contributed by atoms with Crippen molar-refractivity contribution >= 4 is 11.7 Å². The fourth-order valence-electron chi connectivity index (χ4n) is 2.39. The summed E-state index contributed by atoms with van der Waals surface area (Å²) < 4.78 is 4.80. The zero-order valence-electron chi connectivity index (χ0n) is 10.6. The Morgan fingerprint density at radius 1 is 1.39 bits per heavy atom. The maximum absolute atomic E-state index is 11.7. The third-order valence-electron chi connectivity index (χ3n) is 3.52. The molecule has 0 spiro atoms. The third-order valence-corrected chi connectivity index (χ3v) is 3.52. The zero-order valence-corrected chi connectivity index (χ0v) is 10.6. The molecule has 1 aliphatic rings. The highest BCUT2D eigenvalue weighted by molar-refractivity contribution is 5.95. The molecule has 0 radical (unpaired) electrons. The first-order valence-electron chi connectivity index (χ1n) is 6.29. The van der Waals surface area contributed by atoms with Gasteiger partial charge >= 0.3 is 5.97 Å². The van der Waals surface area contributed by atoms with Crippen LogP contribution in [0.5, 0.6) is 0 Å². The van der Waals surface area contributed by atoms with Gasteiger partial charge in [0.2, 0.25) is 0 Å². The summed E-state index contributed by atoms with van der Waals surface area (Å²) in [5, 5.41) is 9.14. The van der Waals surface area contributed by atoms with E-state index in [9.17, 15) is 4.79 Å². The number of piperidine rings is 1. The smallest absolute Gasteiger partial charge is 0.339 e. The van der Waals surface area contributed by atoms with Crippen LogP contribution < -0.4 is 4.90 Å². The van der Waals surface area contributed by atoms with Gasteiger partial charge in [0.1, 0.15) is 0 Å². The fourth-order valence-corrected chi connectivity index (χ4v) is 2.39. The Kier molecular flexibility index (Phi) is 4.20. The minimum absolute atomic E-state index is 0.256. The standard InChI is InChI=1S/C14H19NO3/c1-18-14(17)12-4-2-3-5-13(12)15-8-6-11(10-16)7-9-15/h2-5,11,16H,6-10H2,1H3. The number of aliphatic hydroxyl groups is 1. The molecule has 1 fully saturated rings. The minimum atomic E-state index is -0.296. The lowest BCUT2D eigenvalue weighted by molar-refractivity contribution is 0.0601. The third kappa shape index (κ3) is 2.64. The van der Waals surface area contributed by atoms with Crippen molar-refractivity contribution in [1.29, 1.82) is 0 Å². The van der Waals surface area contributed by atoms with E-state index in [1.807, 2.05) is 18.2 Å². The highest BCUT2D eigenvalue weighted by atomic mass is 16.5. The maximum Gasteiger partial charge on any atom is 0.339 e. The van der Waals surface area contributed by atoms with Gasteiger partial charge in [-0.3, -0.25) is 0 Å². The number of carbonyl (C=O) groups is 1. The van der Waals surface area contributed by atoms with Crippen LogP contribution in [0.3, 0.4) is 0 Å². The second-order valence-electron chi connectivity index (χ2n) is 4.62. The van der Waals surface area contributed by atoms with Crippen molar-refractivity contribution in [2.24, 2.45) is 5.92 Å². The zero-order chi connectivity index (χ0) is 13.0. The van der Waals surface area contributed by atoms with E-state index < -0.39 is 0 Å². The molecule has 1 aromatic rings. The molecule has 0 unspecified atom stereocenters. The molecular formula is C14H19NO3. The molecule has 98 valence electrons. The molecule has 4 heteroatoms. The maximum atomic E-state index is 11.7. The molecule has 0 saturated carbocycles. The molecule has 2 rings (SSSR count). The quantitative estimate of drug-likeness (QED) is 0.828. The summed E-state index contributed by atoms with van der Waals surface area (Å²) in [7, 11) is 1.40. The highest BCUT2D eigenvalue weighted by Crippen LogP contribution is 2.26. The number of nitrogens with zero attached hydrogens (tertiary/aromatic N) is 1. The van der Waals surface area contributed by atoms with E-state index in [4.69, 9.17) is 9.84 Å². The van der Waals surface area contributed by atoms with Crippen molar-refractivity contribution in [3.63, 3.8) is 0 Å². The van der Waals surface area contributed by atoms with Crippen molar-refractivity contribution in [3.8, 4) is 0 Å². The van der Waals surface area contributed by atoms with Gasteiger partial charge in [0, 0.05) is 19.7 Å². The number of hydrogen-bond donors (Lipinski definition) is 1.